The molecule has 0 aromatic heterocycles. The van der Waals surface area contributed by atoms with Gasteiger partial charge in [-0.1, -0.05) is 6.07 Å². The van der Waals surface area contributed by atoms with Crippen molar-refractivity contribution >= 4 is 23.5 Å². The van der Waals surface area contributed by atoms with Crippen molar-refractivity contribution < 1.29 is 23.5 Å². The van der Waals surface area contributed by atoms with Gasteiger partial charge in [0.25, 0.3) is 0 Å². The number of rotatable bonds is 5. The number of nitrogens with zero attached hydrogens (tertiary/aromatic N) is 1. The van der Waals surface area contributed by atoms with Crippen LogP contribution in [-0.4, -0.2) is 30.4 Å². The lowest BCUT2D eigenvalue weighted by Gasteiger charge is -2.25. The van der Waals surface area contributed by atoms with Crippen molar-refractivity contribution in [1.29, 1.82) is 0 Å². The second-order valence-electron chi connectivity index (χ2n) is 5.97. The summed E-state index contributed by atoms with van der Waals surface area (Å²) in [6.45, 7) is 0.257. The van der Waals surface area contributed by atoms with Gasteiger partial charge in [0.15, 0.2) is 0 Å². The summed E-state index contributed by atoms with van der Waals surface area (Å²) in [5.41, 5.74) is 5.99. The summed E-state index contributed by atoms with van der Waals surface area (Å²) in [7, 11) is 0. The highest BCUT2D eigenvalue weighted by molar-refractivity contribution is 5.90. The van der Waals surface area contributed by atoms with Gasteiger partial charge in [-0.3, -0.25) is 14.5 Å². The van der Waals surface area contributed by atoms with Crippen LogP contribution in [0.1, 0.15) is 37.2 Å². The van der Waals surface area contributed by atoms with Crippen molar-refractivity contribution in [1.82, 2.24) is 0 Å². The van der Waals surface area contributed by atoms with Crippen LogP contribution in [0.4, 0.5) is 14.9 Å². The number of nitrogens with two attached hydrogens (primary N) is 1. The molecule has 6 nitrogen and oxygen atoms in total. The lowest BCUT2D eigenvalue weighted by Crippen LogP contribution is -2.26. The lowest BCUT2D eigenvalue weighted by atomic mass is 9.78. The van der Waals surface area contributed by atoms with E-state index in [-0.39, 0.29) is 24.7 Å². The van der Waals surface area contributed by atoms with Gasteiger partial charge in [-0.05, 0) is 24.1 Å². The van der Waals surface area contributed by atoms with Gasteiger partial charge in [0.1, 0.15) is 17.7 Å². The predicted octanol–water partition coefficient (Wildman–Crippen LogP) is 1.86. The molecule has 122 valence electrons. The topological polar surface area (TPSA) is 89.7 Å². The monoisotopic (exact) mass is 320 g/mol. The minimum absolute atomic E-state index is 0.0644. The molecule has 2 aliphatic rings. The Kier molecular flexibility index (Phi) is 4.02. The van der Waals surface area contributed by atoms with Gasteiger partial charge < -0.3 is 10.5 Å². The molecule has 0 spiro atoms. The van der Waals surface area contributed by atoms with Crippen LogP contribution < -0.4 is 10.6 Å². The molecule has 1 aromatic rings. The molecule has 1 atom stereocenters. The third-order valence-electron chi connectivity index (χ3n) is 4.27. The maximum atomic E-state index is 14.2. The van der Waals surface area contributed by atoms with E-state index in [0.717, 1.165) is 0 Å². The van der Waals surface area contributed by atoms with Gasteiger partial charge in [0, 0.05) is 25.2 Å². The molecule has 1 aliphatic carbocycles. The fourth-order valence-electron chi connectivity index (χ4n) is 2.91. The maximum Gasteiger partial charge on any atom is 0.414 e. The Bertz CT molecular complexity index is 668. The van der Waals surface area contributed by atoms with Crippen molar-refractivity contribution in [3.05, 3.63) is 29.6 Å². The summed E-state index contributed by atoms with van der Waals surface area (Å²) in [5.74, 6) is -0.803. The summed E-state index contributed by atoms with van der Waals surface area (Å²) in [6, 6.07) is 4.56. The molecule has 1 saturated heterocycles. The molecule has 1 saturated carbocycles. The first-order chi connectivity index (χ1) is 10.9. The van der Waals surface area contributed by atoms with Crippen LogP contribution in [0.3, 0.4) is 0 Å². The molecule has 2 N–H and O–H groups in total. The Balaban J connectivity index is 1.69. The van der Waals surface area contributed by atoms with E-state index in [1.54, 1.807) is 12.1 Å². The average molecular weight is 320 g/mol. The molecule has 1 aliphatic heterocycles. The molecule has 1 aromatic carbocycles. The largest absolute Gasteiger partial charge is 0.444 e. The number of Topliss-reactive ketones (excluding diaryl/α,β-unsaturated/α-hetero) is 1. The van der Waals surface area contributed by atoms with E-state index in [1.165, 1.54) is 11.0 Å². The first-order valence-corrected chi connectivity index (χ1v) is 7.51. The third kappa shape index (κ3) is 3.18. The Morgan fingerprint density at radius 2 is 2.09 bits per heavy atom. The molecular weight excluding hydrogens is 303 g/mol. The van der Waals surface area contributed by atoms with Crippen molar-refractivity contribution in [3.8, 4) is 0 Å². The number of hydrogen-bond acceptors (Lipinski definition) is 4. The molecule has 0 radical (unpaired) electrons. The van der Waals surface area contributed by atoms with E-state index in [2.05, 4.69) is 0 Å². The second-order valence-corrected chi connectivity index (χ2v) is 5.97. The smallest absolute Gasteiger partial charge is 0.414 e. The first kappa shape index (κ1) is 15.5. The summed E-state index contributed by atoms with van der Waals surface area (Å²) in [6.07, 6.45) is 0.235. The lowest BCUT2D eigenvalue weighted by molar-refractivity contribution is -0.124. The molecule has 0 bridgehead atoms. The summed E-state index contributed by atoms with van der Waals surface area (Å²) < 4.78 is 19.4. The first-order valence-electron chi connectivity index (χ1n) is 7.51. The number of amides is 2. The summed E-state index contributed by atoms with van der Waals surface area (Å²) in [4.78, 5) is 35.0. The van der Waals surface area contributed by atoms with E-state index in [0.29, 0.717) is 30.5 Å². The van der Waals surface area contributed by atoms with Gasteiger partial charge >= 0.3 is 6.09 Å². The highest BCUT2D eigenvalue weighted by Crippen LogP contribution is 2.36. The number of primary amides is 1. The van der Waals surface area contributed by atoms with Crippen molar-refractivity contribution in [3.63, 3.8) is 0 Å². The number of hydrogen-bond donors (Lipinski definition) is 1. The van der Waals surface area contributed by atoms with Crippen LogP contribution in [0.2, 0.25) is 0 Å². The van der Waals surface area contributed by atoms with Crippen LogP contribution in [0.15, 0.2) is 18.2 Å². The predicted molar refractivity (Wildman–Crippen MR) is 79.4 cm³/mol. The summed E-state index contributed by atoms with van der Waals surface area (Å²) in [5, 5.41) is 0. The van der Waals surface area contributed by atoms with Crippen molar-refractivity contribution in [2.24, 2.45) is 5.73 Å². The molecule has 23 heavy (non-hydrogen) atoms. The van der Waals surface area contributed by atoms with E-state index >= 15 is 0 Å². The number of cyclic esters (lactones) is 1. The SMILES string of the molecule is NC(=O)CCC1CN(c2ccc(C3CC(=O)C3)c(F)c2)C(=O)O1. The quantitative estimate of drug-likeness (QED) is 0.896. The van der Waals surface area contributed by atoms with Gasteiger partial charge in [0.05, 0.1) is 12.2 Å². The number of halogens is 1. The number of carbonyl (C=O) groups excluding carboxylic acids is 3. The van der Waals surface area contributed by atoms with Gasteiger partial charge in [-0.15, -0.1) is 0 Å². The maximum absolute atomic E-state index is 14.2. The Hall–Kier alpha value is -2.44. The van der Waals surface area contributed by atoms with E-state index in [4.69, 9.17) is 10.5 Å². The molecule has 2 fully saturated rings. The third-order valence-corrected chi connectivity index (χ3v) is 4.27. The fourth-order valence-corrected chi connectivity index (χ4v) is 2.91. The van der Waals surface area contributed by atoms with E-state index in [1.807, 2.05) is 0 Å². The highest BCUT2D eigenvalue weighted by atomic mass is 19.1. The number of ether oxygens (including phenoxy) is 1. The molecule has 3 rings (SSSR count). The standard InChI is InChI=1S/C16H17FN2O4/c17-14-7-10(1-3-13(14)9-5-11(20)6-9)19-8-12(23-16(19)22)2-4-15(18)21/h1,3,7,9,12H,2,4-6,8H2,(H2,18,21). The number of ketones is 1. The zero-order chi connectivity index (χ0) is 16.6. The molecule has 1 unspecified atom stereocenters. The molecular formula is C16H17FN2O4. The number of carbonyl (C=O) groups is 3. The Labute approximate surface area is 132 Å². The van der Waals surface area contributed by atoms with Gasteiger partial charge in [-0.2, -0.15) is 0 Å². The number of benzene rings is 1. The number of anilines is 1. The van der Waals surface area contributed by atoms with Crippen LogP contribution >= 0.6 is 0 Å². The molecule has 1 heterocycles. The minimum Gasteiger partial charge on any atom is -0.444 e. The normalized spacial score (nSPS) is 21.3. The van der Waals surface area contributed by atoms with E-state index < -0.39 is 23.9 Å². The zero-order valence-electron chi connectivity index (χ0n) is 12.5. The Morgan fingerprint density at radius 3 is 2.70 bits per heavy atom. The average Bonchev–Trinajstić information content (AvgIpc) is 2.83. The van der Waals surface area contributed by atoms with Crippen LogP contribution in [0.5, 0.6) is 0 Å². The second kappa shape index (κ2) is 5.98. The summed E-state index contributed by atoms with van der Waals surface area (Å²) >= 11 is 0. The van der Waals surface area contributed by atoms with Crippen molar-refractivity contribution in [2.45, 2.75) is 37.7 Å². The minimum atomic E-state index is -0.564. The van der Waals surface area contributed by atoms with Crippen molar-refractivity contribution in [2.75, 3.05) is 11.4 Å². The Morgan fingerprint density at radius 1 is 1.35 bits per heavy atom. The van der Waals surface area contributed by atoms with Gasteiger partial charge in [0.2, 0.25) is 5.91 Å². The van der Waals surface area contributed by atoms with Crippen LogP contribution in [0, 0.1) is 5.82 Å². The molecule has 7 heteroatoms. The van der Waals surface area contributed by atoms with E-state index in [9.17, 15) is 18.8 Å². The molecule has 2 amide bonds. The zero-order valence-corrected chi connectivity index (χ0v) is 12.5. The van der Waals surface area contributed by atoms with Gasteiger partial charge in [-0.25, -0.2) is 9.18 Å². The fraction of sp³-hybridized carbons (Fsp3) is 0.438. The van der Waals surface area contributed by atoms with Crippen LogP contribution in [0.25, 0.3) is 0 Å². The highest BCUT2D eigenvalue weighted by Gasteiger charge is 2.34. The van der Waals surface area contributed by atoms with Crippen LogP contribution in [-0.2, 0) is 14.3 Å².